The minimum absolute atomic E-state index is 0.164. The number of hydrogen-bond acceptors (Lipinski definition) is 8. The maximum atomic E-state index is 14.0. The number of aromatic nitrogens is 4. The molecule has 0 fully saturated rings. The Morgan fingerprint density at radius 1 is 1.11 bits per heavy atom. The zero-order valence-electron chi connectivity index (χ0n) is 27.5. The monoisotopic (exact) mass is 656 g/mol. The largest absolute Gasteiger partial charge is 0.488 e. The van der Waals surface area contributed by atoms with E-state index in [1.807, 2.05) is 64.4 Å². The number of hydrogen-bond donors (Lipinski definition) is 1. The fourth-order valence-electron chi connectivity index (χ4n) is 6.50. The van der Waals surface area contributed by atoms with E-state index in [9.17, 15) is 13.2 Å². The van der Waals surface area contributed by atoms with Crippen molar-refractivity contribution in [3.63, 3.8) is 0 Å². The van der Waals surface area contributed by atoms with Crippen molar-refractivity contribution in [1.82, 2.24) is 29.6 Å². The lowest BCUT2D eigenvalue weighted by Gasteiger charge is -2.37. The molecule has 2 aromatic heterocycles. The summed E-state index contributed by atoms with van der Waals surface area (Å²) < 4.78 is 42.6. The Morgan fingerprint density at radius 3 is 2.62 bits per heavy atom. The van der Waals surface area contributed by atoms with Crippen LogP contribution in [-0.4, -0.2) is 56.8 Å². The third-order valence-electron chi connectivity index (χ3n) is 9.09. The van der Waals surface area contributed by atoms with Gasteiger partial charge in [0.1, 0.15) is 28.5 Å². The summed E-state index contributed by atoms with van der Waals surface area (Å²) in [5.41, 5.74) is 5.72. The first-order valence-electron chi connectivity index (χ1n) is 15.8. The van der Waals surface area contributed by atoms with Gasteiger partial charge in [-0.2, -0.15) is 4.31 Å². The molecule has 1 amide bonds. The van der Waals surface area contributed by atoms with Gasteiger partial charge in [0.15, 0.2) is 12.1 Å². The van der Waals surface area contributed by atoms with Crippen LogP contribution in [0.15, 0.2) is 76.6 Å². The molecule has 12 heteroatoms. The van der Waals surface area contributed by atoms with Gasteiger partial charge in [-0.15, -0.1) is 5.10 Å². The number of carbonyl (C=O) groups is 1. The van der Waals surface area contributed by atoms with Crippen molar-refractivity contribution in [3.8, 4) is 5.75 Å². The van der Waals surface area contributed by atoms with Gasteiger partial charge in [-0.05, 0) is 87.1 Å². The molecular weight excluding hydrogens is 616 g/mol. The van der Waals surface area contributed by atoms with Crippen LogP contribution in [0.5, 0.6) is 5.75 Å². The minimum Gasteiger partial charge on any atom is -0.488 e. The lowest BCUT2D eigenvalue weighted by molar-refractivity contribution is 0.0900. The molecule has 0 radical (unpaired) electrons. The van der Waals surface area contributed by atoms with Gasteiger partial charge in [-0.25, -0.2) is 18.1 Å². The van der Waals surface area contributed by atoms with E-state index in [0.29, 0.717) is 18.7 Å². The highest BCUT2D eigenvalue weighted by molar-refractivity contribution is 7.89. The minimum atomic E-state index is -3.85. The van der Waals surface area contributed by atoms with Crippen LogP contribution in [-0.2, 0) is 23.1 Å². The highest BCUT2D eigenvalue weighted by atomic mass is 32.2. The topological polar surface area (TPSA) is 132 Å². The molecule has 3 aromatic carbocycles. The van der Waals surface area contributed by atoms with Gasteiger partial charge in [0, 0.05) is 24.5 Å². The first-order valence-corrected chi connectivity index (χ1v) is 17.3. The van der Waals surface area contributed by atoms with Gasteiger partial charge in [0.2, 0.25) is 10.0 Å². The number of benzene rings is 3. The lowest BCUT2D eigenvalue weighted by atomic mass is 9.74. The number of fused-ring (bicyclic) bond motifs is 2. The van der Waals surface area contributed by atoms with Crippen molar-refractivity contribution in [3.05, 3.63) is 101 Å². The third kappa shape index (κ3) is 6.03. The molecule has 2 atom stereocenters. The number of carbonyl (C=O) groups excluding carboxylic acids is 1. The maximum Gasteiger partial charge on any atom is 0.273 e. The molecule has 1 N–H and O–H groups in total. The molecule has 3 heterocycles. The zero-order valence-corrected chi connectivity index (χ0v) is 28.3. The number of amides is 1. The number of rotatable bonds is 9. The second-order valence-corrected chi connectivity index (χ2v) is 14.5. The fraction of sp³-hybridized carbons (Fsp3) is 0.371. The van der Waals surface area contributed by atoms with Crippen molar-refractivity contribution in [2.45, 2.75) is 83.5 Å². The van der Waals surface area contributed by atoms with Gasteiger partial charge in [0.25, 0.3) is 5.91 Å². The molecule has 1 unspecified atom stereocenters. The molecule has 246 valence electrons. The summed E-state index contributed by atoms with van der Waals surface area (Å²) in [7, 11) is -3.85. The van der Waals surface area contributed by atoms with Gasteiger partial charge in [0.05, 0.1) is 12.1 Å². The fourth-order valence-corrected chi connectivity index (χ4v) is 8.07. The maximum absolute atomic E-state index is 14.0. The number of para-hydroxylation sites is 1. The molecule has 0 spiro atoms. The van der Waals surface area contributed by atoms with E-state index >= 15 is 0 Å². The molecule has 6 rings (SSSR count). The molecule has 0 saturated heterocycles. The second-order valence-electron chi connectivity index (χ2n) is 12.6. The lowest BCUT2D eigenvalue weighted by Crippen LogP contribution is -2.48. The predicted octanol–water partition coefficient (Wildman–Crippen LogP) is 5.76. The average molecular weight is 657 g/mol. The van der Waals surface area contributed by atoms with Crippen LogP contribution in [0.4, 0.5) is 0 Å². The quantitative estimate of drug-likeness (QED) is 0.212. The molecule has 11 nitrogen and oxygen atoms in total. The van der Waals surface area contributed by atoms with Crippen LogP contribution < -0.4 is 10.1 Å². The molecule has 47 heavy (non-hydrogen) atoms. The van der Waals surface area contributed by atoms with Crippen molar-refractivity contribution in [1.29, 1.82) is 0 Å². The number of oxazole rings is 1. The van der Waals surface area contributed by atoms with Crippen molar-refractivity contribution in [2.24, 2.45) is 0 Å². The van der Waals surface area contributed by atoms with Crippen LogP contribution in [0.25, 0.3) is 11.0 Å². The second kappa shape index (κ2) is 12.6. The molecular formula is C35H40N6O5S. The Labute approximate surface area is 275 Å². The van der Waals surface area contributed by atoms with E-state index in [-0.39, 0.29) is 41.6 Å². The smallest absolute Gasteiger partial charge is 0.273 e. The van der Waals surface area contributed by atoms with Crippen molar-refractivity contribution in [2.75, 3.05) is 6.54 Å². The van der Waals surface area contributed by atoms with E-state index < -0.39 is 15.6 Å². The molecule has 5 aromatic rings. The summed E-state index contributed by atoms with van der Waals surface area (Å²) in [5.74, 6) is -0.346. The van der Waals surface area contributed by atoms with E-state index in [1.165, 1.54) is 17.0 Å². The Morgan fingerprint density at radius 2 is 1.89 bits per heavy atom. The van der Waals surface area contributed by atoms with Gasteiger partial charge in [-0.1, -0.05) is 48.5 Å². The van der Waals surface area contributed by atoms with Crippen LogP contribution in [0.3, 0.4) is 0 Å². The summed E-state index contributed by atoms with van der Waals surface area (Å²) in [4.78, 5) is 17.5. The van der Waals surface area contributed by atoms with E-state index in [4.69, 9.17) is 9.15 Å². The average Bonchev–Trinajstić information content (AvgIpc) is 3.72. The SMILES string of the molecule is CC[C@@H]1CN(Cc2cc(C(c3ccc4c(nnn4CC)c3C)C(C)(C)NC(=O)c3cocn3)ccc2C)S(=O)(=O)c2ccccc2O1. The number of nitrogens with one attached hydrogen (secondary N) is 1. The number of aryl methyl sites for hydroxylation is 3. The summed E-state index contributed by atoms with van der Waals surface area (Å²) in [5, 5.41) is 12.0. The summed E-state index contributed by atoms with van der Waals surface area (Å²) in [6.07, 6.45) is 2.91. The summed E-state index contributed by atoms with van der Waals surface area (Å²) in [6, 6.07) is 17.0. The van der Waals surface area contributed by atoms with Crippen LogP contribution in [0.1, 0.15) is 78.3 Å². The Hall–Kier alpha value is -4.55. The highest BCUT2D eigenvalue weighted by Gasteiger charge is 2.38. The standard InChI is InChI=1S/C35H40N6O5S/c1-7-26-19-40(47(43,44)31-12-10-9-11-30(31)46-26)18-25-17-24(14-13-22(25)3)32(35(5,6)37-34(42)28-20-45-21-36-28)27-15-16-29-33(23(27)4)38-39-41(29)8-2/h9-17,20-21,26,32H,7-8,18-19H2,1-6H3,(H,37,42)/t26-,32?/m1/s1. The Kier molecular flexibility index (Phi) is 8.66. The Bertz CT molecular complexity index is 2040. The van der Waals surface area contributed by atoms with Crippen molar-refractivity contribution >= 4 is 27.0 Å². The number of nitrogens with zero attached hydrogens (tertiary/aromatic N) is 5. The van der Waals surface area contributed by atoms with Gasteiger partial charge < -0.3 is 14.5 Å². The van der Waals surface area contributed by atoms with Gasteiger partial charge in [-0.3, -0.25) is 4.79 Å². The Balaban J connectivity index is 1.45. The van der Waals surface area contributed by atoms with Gasteiger partial charge >= 0.3 is 0 Å². The third-order valence-corrected chi connectivity index (χ3v) is 10.9. The predicted molar refractivity (Wildman–Crippen MR) is 178 cm³/mol. The normalized spacial score (nSPS) is 17.1. The molecule has 1 aliphatic rings. The van der Waals surface area contributed by atoms with E-state index in [1.54, 1.807) is 24.3 Å². The number of sulfonamides is 1. The van der Waals surface area contributed by atoms with Crippen LogP contribution in [0.2, 0.25) is 0 Å². The van der Waals surface area contributed by atoms with Crippen LogP contribution >= 0.6 is 0 Å². The zero-order chi connectivity index (χ0) is 33.5. The molecule has 0 bridgehead atoms. The van der Waals surface area contributed by atoms with Crippen molar-refractivity contribution < 1.29 is 22.4 Å². The molecule has 0 saturated carbocycles. The highest BCUT2D eigenvalue weighted by Crippen LogP contribution is 2.40. The summed E-state index contributed by atoms with van der Waals surface area (Å²) >= 11 is 0. The van der Waals surface area contributed by atoms with E-state index in [2.05, 4.69) is 32.7 Å². The molecule has 0 aliphatic carbocycles. The summed E-state index contributed by atoms with van der Waals surface area (Å²) in [6.45, 7) is 13.0. The van der Waals surface area contributed by atoms with Crippen LogP contribution in [0, 0.1) is 13.8 Å². The first-order chi connectivity index (χ1) is 22.4. The number of ether oxygens (including phenoxy) is 1. The molecule has 1 aliphatic heterocycles. The van der Waals surface area contributed by atoms with E-state index in [0.717, 1.165) is 38.9 Å². The first kappa shape index (κ1) is 32.4.